The van der Waals surface area contributed by atoms with Crippen LogP contribution in [0.15, 0.2) is 108 Å². The lowest BCUT2D eigenvalue weighted by atomic mass is 9.70. The molecule has 0 saturated heterocycles. The molecule has 2 aromatic carbocycles. The Morgan fingerprint density at radius 2 is 1.29 bits per heavy atom. The highest BCUT2D eigenvalue weighted by Crippen LogP contribution is 2.48. The van der Waals surface area contributed by atoms with E-state index in [-0.39, 0.29) is 51.7 Å². The number of anilines is 1. The number of para-hydroxylation sites is 2. The van der Waals surface area contributed by atoms with Gasteiger partial charge in [-0.25, -0.2) is 4.79 Å². The molecule has 0 saturated carbocycles. The average Bonchev–Trinajstić information content (AvgIpc) is 3.81. The van der Waals surface area contributed by atoms with Gasteiger partial charge in [0.05, 0.1) is 22.7 Å². The number of fused-ring (bicyclic) bond motifs is 2. The Hall–Kier alpha value is -6.11. The molecule has 20 nitrogen and oxygen atoms in total. The van der Waals surface area contributed by atoms with Crippen LogP contribution in [0, 0.1) is 5.41 Å². The molecule has 0 bridgehead atoms. The number of carbonyl (C=O) groups is 3. The third kappa shape index (κ3) is 13.9. The fourth-order valence-corrected chi connectivity index (χ4v) is 11.1. The van der Waals surface area contributed by atoms with E-state index in [1.807, 2.05) is 104 Å². The Balaban J connectivity index is 1.39. The highest BCUT2D eigenvalue weighted by atomic mass is 32.2. The van der Waals surface area contributed by atoms with Gasteiger partial charge in [0.1, 0.15) is 12.0 Å². The van der Waals surface area contributed by atoms with Crippen LogP contribution in [-0.4, -0.2) is 125 Å². The zero-order valence-electron chi connectivity index (χ0n) is 41.2. The standard InChI is InChI=1S/C50H63N5O15S3/c1-48(2)37-14-7-9-16-39(37)53(27-12-29-71(61,62)63)41(48)21-19-35-32-36(20-22-42-49(3,4)38-15-8-10-17-40(38)54(42)28-13-30-72(64,65)66)34-50(33-35,47(60)52-26-31-73(67,68)69)46(59)51-25-11-5-6-18-45(58)70-55-43(56)23-24-44(55)57/h7-10,14-17,19-24,32H,5-6,11-13,18,25-31,33-34H2,1-4H3,(H6-,51,52,56,57,59,60,61,62,63,64,65,66,67,68,69)/p+1. The van der Waals surface area contributed by atoms with Crippen LogP contribution in [-0.2, 0) is 55.6 Å². The molecule has 0 fully saturated rings. The van der Waals surface area contributed by atoms with Gasteiger partial charge >= 0.3 is 5.97 Å². The van der Waals surface area contributed by atoms with Gasteiger partial charge in [-0.3, -0.25) is 23.2 Å². The number of hydrogen-bond acceptors (Lipinski definition) is 13. The molecule has 3 aliphatic rings. The monoisotopic (exact) mass is 1070 g/mol. The first kappa shape index (κ1) is 56.2. The van der Waals surface area contributed by atoms with Crippen molar-refractivity contribution in [1.29, 1.82) is 0 Å². The normalized spacial score (nSPS) is 19.5. The molecule has 396 valence electrons. The van der Waals surface area contributed by atoms with Crippen LogP contribution in [0.25, 0.3) is 0 Å². The SMILES string of the molecule is CC1(C)C(/C=C/C2=CC(=C/C=C3/N(CCCS(=O)(=O)O)c4ccccc4C3(C)C)/CC(C(=O)NCCCCCC(=O)On3c(O)ccc3O)(C(=O)NCCS(=O)(=O)O)C2)=[N+](CCCS(=O)(=O)O)c2ccccc21. The molecule has 23 heteroatoms. The summed E-state index contributed by atoms with van der Waals surface area (Å²) < 4.78 is 102. The summed E-state index contributed by atoms with van der Waals surface area (Å²) in [6, 6.07) is 17.6. The number of allylic oxidation sites excluding steroid dienone is 8. The van der Waals surface area contributed by atoms with Crippen LogP contribution in [0.4, 0.5) is 11.4 Å². The van der Waals surface area contributed by atoms with Crippen LogP contribution in [0.3, 0.4) is 0 Å². The minimum atomic E-state index is -4.53. The van der Waals surface area contributed by atoms with Gasteiger partial charge in [-0.05, 0) is 74.8 Å². The molecule has 0 radical (unpaired) electrons. The van der Waals surface area contributed by atoms with E-state index in [9.17, 15) is 63.5 Å². The molecular formula is C50H64N5O15S3+. The predicted octanol–water partition coefficient (Wildman–Crippen LogP) is 5.04. The molecule has 3 heterocycles. The van der Waals surface area contributed by atoms with Gasteiger partial charge in [-0.2, -0.15) is 29.8 Å². The van der Waals surface area contributed by atoms with E-state index in [4.69, 9.17) is 4.84 Å². The Bertz CT molecular complexity index is 3100. The number of rotatable bonds is 23. The van der Waals surface area contributed by atoms with Crippen molar-refractivity contribution in [3.05, 3.63) is 119 Å². The van der Waals surface area contributed by atoms with Crippen molar-refractivity contribution in [3.8, 4) is 11.8 Å². The van der Waals surface area contributed by atoms with Crippen LogP contribution >= 0.6 is 0 Å². The minimum absolute atomic E-state index is 0.0545. The maximum Gasteiger partial charge on any atom is 0.333 e. The molecule has 2 aliphatic heterocycles. The van der Waals surface area contributed by atoms with E-state index in [0.717, 1.165) is 46.0 Å². The number of amides is 2. The topological polar surface area (TPSA) is 299 Å². The second kappa shape index (κ2) is 22.6. The number of hydrogen-bond donors (Lipinski definition) is 7. The van der Waals surface area contributed by atoms with Gasteiger partial charge < -0.3 is 30.6 Å². The third-order valence-corrected chi connectivity index (χ3v) is 15.6. The number of nitrogens with one attached hydrogen (secondary N) is 2. The third-order valence-electron chi connectivity index (χ3n) is 13.3. The van der Waals surface area contributed by atoms with E-state index in [0.29, 0.717) is 35.1 Å². The summed E-state index contributed by atoms with van der Waals surface area (Å²) in [7, 11) is -13.1. The molecule has 73 heavy (non-hydrogen) atoms. The summed E-state index contributed by atoms with van der Waals surface area (Å²) in [5.74, 6) is -4.96. The maximum atomic E-state index is 14.8. The van der Waals surface area contributed by atoms with Crippen molar-refractivity contribution < 1.29 is 72.9 Å². The zero-order valence-corrected chi connectivity index (χ0v) is 43.6. The number of aromatic hydroxyl groups is 2. The Labute approximate surface area is 426 Å². The lowest BCUT2D eigenvalue weighted by molar-refractivity contribution is -0.437. The molecule has 1 aromatic heterocycles. The lowest BCUT2D eigenvalue weighted by Crippen LogP contribution is -2.53. The fraction of sp³-hybridized carbons (Fsp3) is 0.440. The summed E-state index contributed by atoms with van der Waals surface area (Å²) in [6.07, 6.45) is 9.87. The Morgan fingerprint density at radius 3 is 1.95 bits per heavy atom. The quantitative estimate of drug-likeness (QED) is 0.0283. The highest BCUT2D eigenvalue weighted by molar-refractivity contribution is 7.86. The smallest absolute Gasteiger partial charge is 0.333 e. The van der Waals surface area contributed by atoms with Crippen LogP contribution in [0.5, 0.6) is 11.8 Å². The van der Waals surface area contributed by atoms with Crippen molar-refractivity contribution in [2.24, 2.45) is 5.41 Å². The molecule has 0 spiro atoms. The first-order valence-corrected chi connectivity index (χ1v) is 28.6. The molecule has 1 atom stereocenters. The average molecular weight is 1070 g/mol. The molecule has 7 N–H and O–H groups in total. The van der Waals surface area contributed by atoms with Crippen LogP contribution in [0.2, 0.25) is 0 Å². The molecule has 1 unspecified atom stereocenters. The van der Waals surface area contributed by atoms with Crippen molar-refractivity contribution in [1.82, 2.24) is 15.4 Å². The second-order valence-corrected chi connectivity index (χ2v) is 24.2. The molecule has 1 aliphatic carbocycles. The number of benzene rings is 2. The van der Waals surface area contributed by atoms with Crippen LogP contribution in [0.1, 0.15) is 90.2 Å². The van der Waals surface area contributed by atoms with Gasteiger partial charge in [-0.15, -0.1) is 4.73 Å². The highest BCUT2D eigenvalue weighted by Gasteiger charge is 2.49. The van der Waals surface area contributed by atoms with Gasteiger partial charge in [-0.1, -0.05) is 74.9 Å². The van der Waals surface area contributed by atoms with Crippen molar-refractivity contribution in [2.45, 2.75) is 89.9 Å². The van der Waals surface area contributed by atoms with E-state index < -0.39 is 99.9 Å². The summed E-state index contributed by atoms with van der Waals surface area (Å²) in [5, 5.41) is 25.1. The summed E-state index contributed by atoms with van der Waals surface area (Å²) >= 11 is 0. The molecule has 3 aromatic rings. The van der Waals surface area contributed by atoms with E-state index in [2.05, 4.69) is 10.6 Å². The van der Waals surface area contributed by atoms with Gasteiger partial charge in [0, 0.05) is 79.1 Å². The van der Waals surface area contributed by atoms with Crippen molar-refractivity contribution >= 4 is 65.2 Å². The minimum Gasteiger partial charge on any atom is -0.492 e. The predicted molar refractivity (Wildman–Crippen MR) is 273 cm³/mol. The van der Waals surface area contributed by atoms with Crippen LogP contribution < -0.4 is 20.4 Å². The number of aromatic nitrogens is 1. The summed E-state index contributed by atoms with van der Waals surface area (Å²) in [6.45, 7) is 8.00. The zero-order chi connectivity index (χ0) is 53.6. The van der Waals surface area contributed by atoms with Crippen molar-refractivity contribution in [3.63, 3.8) is 0 Å². The van der Waals surface area contributed by atoms with Gasteiger partial charge in [0.15, 0.2) is 5.71 Å². The number of carbonyl (C=O) groups excluding carboxylic acids is 3. The van der Waals surface area contributed by atoms with Gasteiger partial charge in [0.25, 0.3) is 30.4 Å². The first-order chi connectivity index (χ1) is 34.1. The number of nitrogens with zero attached hydrogens (tertiary/aromatic N) is 3. The number of unbranched alkanes of at least 4 members (excludes halogenated alkanes) is 2. The lowest BCUT2D eigenvalue weighted by Gasteiger charge is -2.35. The molecule has 2 amide bonds. The Kier molecular flexibility index (Phi) is 17.4. The summed E-state index contributed by atoms with van der Waals surface area (Å²) in [5.41, 5.74) is 2.92. The largest absolute Gasteiger partial charge is 0.492 e. The van der Waals surface area contributed by atoms with E-state index in [1.54, 1.807) is 12.2 Å². The molecular weight excluding hydrogens is 1010 g/mol. The van der Waals surface area contributed by atoms with E-state index in [1.165, 1.54) is 0 Å². The van der Waals surface area contributed by atoms with Gasteiger partial charge in [0.2, 0.25) is 29.3 Å². The first-order valence-electron chi connectivity index (χ1n) is 23.8. The second-order valence-electron chi connectivity index (χ2n) is 19.4. The van der Waals surface area contributed by atoms with E-state index >= 15 is 0 Å². The fourth-order valence-electron chi connectivity index (χ4n) is 9.73. The summed E-state index contributed by atoms with van der Waals surface area (Å²) in [4.78, 5) is 48.9. The Morgan fingerprint density at radius 1 is 0.685 bits per heavy atom. The maximum absolute atomic E-state index is 14.8. The molecule has 6 rings (SSSR count). The van der Waals surface area contributed by atoms with Crippen molar-refractivity contribution in [2.75, 3.05) is 48.3 Å².